The Labute approximate surface area is 137 Å². The molecule has 0 saturated carbocycles. The first kappa shape index (κ1) is 17.7. The van der Waals surface area contributed by atoms with E-state index in [1.807, 2.05) is 35.0 Å². The summed E-state index contributed by atoms with van der Waals surface area (Å²) in [4.78, 5) is 16.3. The maximum atomic E-state index is 12.6. The number of aliphatic hydroxyl groups excluding tert-OH is 1. The molecule has 0 bridgehead atoms. The van der Waals surface area contributed by atoms with Crippen LogP contribution in [-0.2, 0) is 16.0 Å². The van der Waals surface area contributed by atoms with E-state index < -0.39 is 6.10 Å². The number of benzene rings is 1. The second-order valence-corrected chi connectivity index (χ2v) is 5.95. The summed E-state index contributed by atoms with van der Waals surface area (Å²) in [5.74, 6) is 0.862. The molecule has 6 heteroatoms. The second kappa shape index (κ2) is 8.29. The van der Waals surface area contributed by atoms with E-state index in [-0.39, 0.29) is 19.1 Å². The van der Waals surface area contributed by atoms with Gasteiger partial charge >= 0.3 is 0 Å². The average molecular weight is 322 g/mol. The van der Waals surface area contributed by atoms with Gasteiger partial charge in [-0.1, -0.05) is 0 Å². The van der Waals surface area contributed by atoms with Crippen molar-refractivity contribution in [2.24, 2.45) is 0 Å². The van der Waals surface area contributed by atoms with E-state index in [2.05, 4.69) is 0 Å². The van der Waals surface area contributed by atoms with Crippen LogP contribution in [0.5, 0.6) is 5.75 Å². The number of aliphatic hydroxyl groups is 1. The third-order valence-corrected chi connectivity index (χ3v) is 3.99. The lowest BCUT2D eigenvalue weighted by molar-refractivity contribution is -0.119. The van der Waals surface area contributed by atoms with Crippen LogP contribution >= 0.6 is 0 Å². The van der Waals surface area contributed by atoms with Crippen molar-refractivity contribution in [2.75, 3.05) is 52.4 Å². The summed E-state index contributed by atoms with van der Waals surface area (Å²) in [7, 11) is 5.02. The highest BCUT2D eigenvalue weighted by Gasteiger charge is 2.24. The molecule has 1 unspecified atom stereocenters. The molecule has 0 aromatic heterocycles. The van der Waals surface area contributed by atoms with E-state index in [1.165, 1.54) is 0 Å². The summed E-state index contributed by atoms with van der Waals surface area (Å²) in [5, 5.41) is 9.75. The molecule has 0 aliphatic carbocycles. The number of likely N-dealkylation sites (N-methyl/N-ethyl adjacent to an activating group) is 1. The molecule has 1 atom stereocenters. The number of methoxy groups -OCH3 is 2. The molecule has 128 valence electrons. The molecule has 1 aromatic rings. The van der Waals surface area contributed by atoms with Crippen LogP contribution in [0.1, 0.15) is 12.0 Å². The number of amides is 1. The number of anilines is 1. The Balaban J connectivity index is 2.01. The minimum absolute atomic E-state index is 0.0447. The van der Waals surface area contributed by atoms with Crippen LogP contribution in [0.3, 0.4) is 0 Å². The maximum absolute atomic E-state index is 12.6. The Morgan fingerprint density at radius 2 is 2.22 bits per heavy atom. The van der Waals surface area contributed by atoms with Crippen molar-refractivity contribution in [3.05, 3.63) is 23.8 Å². The van der Waals surface area contributed by atoms with Crippen molar-refractivity contribution < 1.29 is 19.4 Å². The standard InChI is InChI=1S/C17H26N2O4/c1-18(10-14(20)12-22-2)11-17(21)19-8-4-5-13-9-15(23-3)6-7-16(13)19/h6-7,9,14,20H,4-5,8,10-12H2,1-3H3. The number of hydrogen-bond donors (Lipinski definition) is 1. The summed E-state index contributed by atoms with van der Waals surface area (Å²) < 4.78 is 10.2. The van der Waals surface area contributed by atoms with Crippen LogP contribution < -0.4 is 9.64 Å². The zero-order valence-corrected chi connectivity index (χ0v) is 14.1. The van der Waals surface area contributed by atoms with Gasteiger partial charge in [-0.05, 0) is 43.7 Å². The summed E-state index contributed by atoms with van der Waals surface area (Å²) in [5.41, 5.74) is 2.11. The number of carbonyl (C=O) groups excluding carboxylic acids is 1. The molecular weight excluding hydrogens is 296 g/mol. The maximum Gasteiger partial charge on any atom is 0.241 e. The Kier molecular flexibility index (Phi) is 6.38. The highest BCUT2D eigenvalue weighted by molar-refractivity contribution is 5.96. The lowest BCUT2D eigenvalue weighted by Crippen LogP contribution is -2.43. The third-order valence-electron chi connectivity index (χ3n) is 3.99. The predicted molar refractivity (Wildman–Crippen MR) is 89.0 cm³/mol. The average Bonchev–Trinajstić information content (AvgIpc) is 2.53. The van der Waals surface area contributed by atoms with Crippen molar-refractivity contribution in [2.45, 2.75) is 18.9 Å². The van der Waals surface area contributed by atoms with E-state index in [4.69, 9.17) is 9.47 Å². The van der Waals surface area contributed by atoms with E-state index in [9.17, 15) is 9.90 Å². The second-order valence-electron chi connectivity index (χ2n) is 5.95. The summed E-state index contributed by atoms with van der Waals surface area (Å²) >= 11 is 0. The minimum atomic E-state index is -0.587. The van der Waals surface area contributed by atoms with Crippen molar-refractivity contribution >= 4 is 11.6 Å². The van der Waals surface area contributed by atoms with Gasteiger partial charge in [0, 0.05) is 25.9 Å². The van der Waals surface area contributed by atoms with Crippen molar-refractivity contribution in [1.82, 2.24) is 4.90 Å². The van der Waals surface area contributed by atoms with Gasteiger partial charge in [0.1, 0.15) is 5.75 Å². The highest BCUT2D eigenvalue weighted by Crippen LogP contribution is 2.30. The van der Waals surface area contributed by atoms with Crippen LogP contribution in [0.15, 0.2) is 18.2 Å². The van der Waals surface area contributed by atoms with Crippen LogP contribution in [0, 0.1) is 0 Å². The molecule has 1 heterocycles. The van der Waals surface area contributed by atoms with E-state index in [1.54, 1.807) is 14.2 Å². The number of ether oxygens (including phenoxy) is 2. The molecular formula is C17H26N2O4. The van der Waals surface area contributed by atoms with Crippen LogP contribution in [0.4, 0.5) is 5.69 Å². The summed E-state index contributed by atoms with van der Waals surface area (Å²) in [6, 6.07) is 5.84. The SMILES string of the molecule is COCC(O)CN(C)CC(=O)N1CCCc2cc(OC)ccc21. The monoisotopic (exact) mass is 322 g/mol. The molecule has 2 rings (SSSR count). The van der Waals surface area contributed by atoms with Gasteiger partial charge in [-0.3, -0.25) is 9.69 Å². The Morgan fingerprint density at radius 3 is 2.91 bits per heavy atom. The Morgan fingerprint density at radius 1 is 1.43 bits per heavy atom. The van der Waals surface area contributed by atoms with Crippen LogP contribution in [0.25, 0.3) is 0 Å². The third kappa shape index (κ3) is 4.67. The van der Waals surface area contributed by atoms with Crippen molar-refractivity contribution in [1.29, 1.82) is 0 Å². The zero-order valence-electron chi connectivity index (χ0n) is 14.1. The molecule has 23 heavy (non-hydrogen) atoms. The van der Waals surface area contributed by atoms with Gasteiger partial charge in [0.25, 0.3) is 0 Å². The first-order valence-electron chi connectivity index (χ1n) is 7.88. The smallest absolute Gasteiger partial charge is 0.241 e. The zero-order chi connectivity index (χ0) is 16.8. The number of hydrogen-bond acceptors (Lipinski definition) is 5. The summed E-state index contributed by atoms with van der Waals surface area (Å²) in [6.45, 7) is 1.67. The lowest BCUT2D eigenvalue weighted by Gasteiger charge is -2.31. The molecule has 1 amide bonds. The molecule has 0 radical (unpaired) electrons. The summed E-state index contributed by atoms with van der Waals surface area (Å²) in [6.07, 6.45) is 1.32. The molecule has 1 aromatic carbocycles. The van der Waals surface area contributed by atoms with Crippen molar-refractivity contribution in [3.63, 3.8) is 0 Å². The molecule has 1 aliphatic heterocycles. The Bertz CT molecular complexity index is 535. The van der Waals surface area contributed by atoms with Gasteiger partial charge in [0.15, 0.2) is 0 Å². The van der Waals surface area contributed by atoms with Gasteiger partial charge in [0.05, 0.1) is 26.4 Å². The van der Waals surface area contributed by atoms with Gasteiger partial charge in [-0.2, -0.15) is 0 Å². The van der Waals surface area contributed by atoms with Gasteiger partial charge < -0.3 is 19.5 Å². The molecule has 0 saturated heterocycles. The molecule has 1 N–H and O–H groups in total. The Hall–Kier alpha value is -1.63. The predicted octanol–water partition coefficient (Wildman–Crippen LogP) is 0.914. The van der Waals surface area contributed by atoms with Crippen molar-refractivity contribution in [3.8, 4) is 5.75 Å². The number of carbonyl (C=O) groups is 1. The molecule has 0 spiro atoms. The number of aryl methyl sites for hydroxylation is 1. The van der Waals surface area contributed by atoms with Crippen LogP contribution in [0.2, 0.25) is 0 Å². The molecule has 0 fully saturated rings. The number of fused-ring (bicyclic) bond motifs is 1. The van der Waals surface area contributed by atoms with Gasteiger partial charge in [-0.25, -0.2) is 0 Å². The fraction of sp³-hybridized carbons (Fsp3) is 0.588. The fourth-order valence-corrected chi connectivity index (χ4v) is 2.95. The fourth-order valence-electron chi connectivity index (χ4n) is 2.95. The van der Waals surface area contributed by atoms with E-state index in [0.29, 0.717) is 6.54 Å². The minimum Gasteiger partial charge on any atom is -0.497 e. The first-order valence-corrected chi connectivity index (χ1v) is 7.88. The first-order chi connectivity index (χ1) is 11.0. The molecule has 1 aliphatic rings. The normalized spacial score (nSPS) is 15.4. The van der Waals surface area contributed by atoms with Gasteiger partial charge in [-0.15, -0.1) is 0 Å². The number of nitrogens with zero attached hydrogens (tertiary/aromatic N) is 2. The largest absolute Gasteiger partial charge is 0.497 e. The highest BCUT2D eigenvalue weighted by atomic mass is 16.5. The van der Waals surface area contributed by atoms with E-state index in [0.717, 1.165) is 36.4 Å². The van der Waals surface area contributed by atoms with Crippen LogP contribution in [-0.4, -0.2) is 69.5 Å². The molecule has 6 nitrogen and oxygen atoms in total. The quantitative estimate of drug-likeness (QED) is 0.809. The topological polar surface area (TPSA) is 62.2 Å². The van der Waals surface area contributed by atoms with Gasteiger partial charge in [0.2, 0.25) is 5.91 Å². The van der Waals surface area contributed by atoms with E-state index >= 15 is 0 Å². The number of rotatable bonds is 7. The lowest BCUT2D eigenvalue weighted by atomic mass is 10.0.